The molecule has 0 N–H and O–H groups in total. The van der Waals surface area contributed by atoms with E-state index in [1.165, 1.54) is 54.7 Å². The van der Waals surface area contributed by atoms with Crippen molar-refractivity contribution < 1.29 is 4.74 Å². The van der Waals surface area contributed by atoms with Crippen molar-refractivity contribution in [3.8, 4) is 5.75 Å². The van der Waals surface area contributed by atoms with E-state index in [1.807, 2.05) is 0 Å². The van der Waals surface area contributed by atoms with Crippen LogP contribution in [0.4, 0.5) is 5.69 Å². The average molecular weight is 372 g/mol. The van der Waals surface area contributed by atoms with E-state index in [0.717, 1.165) is 18.8 Å². The molecule has 142 valence electrons. The molecule has 0 amide bonds. The van der Waals surface area contributed by atoms with Crippen LogP contribution >= 0.6 is 11.8 Å². The Labute approximate surface area is 163 Å². The van der Waals surface area contributed by atoms with Crippen molar-refractivity contribution in [1.82, 2.24) is 0 Å². The van der Waals surface area contributed by atoms with Crippen molar-refractivity contribution >= 4 is 17.4 Å². The Morgan fingerprint density at radius 3 is 2.12 bits per heavy atom. The van der Waals surface area contributed by atoms with E-state index in [4.69, 9.17) is 4.74 Å². The van der Waals surface area contributed by atoms with Crippen molar-refractivity contribution in [3.05, 3.63) is 54.1 Å². The molecule has 2 nitrogen and oxygen atoms in total. The SMILES string of the molecule is CCCCCCCCN(Cc1ccc(SC)cc1)c1ccc(OC)cc1. The number of unbranched alkanes of at least 4 members (excludes halogenated alkanes) is 5. The molecule has 0 radical (unpaired) electrons. The van der Waals surface area contributed by atoms with E-state index in [0.29, 0.717) is 0 Å². The fourth-order valence-corrected chi connectivity index (χ4v) is 3.54. The highest BCUT2D eigenvalue weighted by Crippen LogP contribution is 2.23. The number of thioether (sulfide) groups is 1. The molecule has 2 aromatic rings. The number of hydrogen-bond acceptors (Lipinski definition) is 3. The summed E-state index contributed by atoms with van der Waals surface area (Å²) < 4.78 is 5.31. The molecule has 0 unspecified atom stereocenters. The van der Waals surface area contributed by atoms with Crippen LogP contribution in [0.15, 0.2) is 53.4 Å². The molecule has 0 saturated carbocycles. The van der Waals surface area contributed by atoms with Gasteiger partial charge in [0.1, 0.15) is 5.75 Å². The van der Waals surface area contributed by atoms with Crippen LogP contribution in [0.2, 0.25) is 0 Å². The number of benzene rings is 2. The van der Waals surface area contributed by atoms with E-state index in [9.17, 15) is 0 Å². The molecule has 0 fully saturated rings. The first-order chi connectivity index (χ1) is 12.8. The highest BCUT2D eigenvalue weighted by Gasteiger charge is 2.08. The van der Waals surface area contributed by atoms with E-state index in [2.05, 4.69) is 66.6 Å². The monoisotopic (exact) mass is 371 g/mol. The second-order valence-corrected chi connectivity index (χ2v) is 7.62. The summed E-state index contributed by atoms with van der Waals surface area (Å²) in [7, 11) is 1.72. The molecule has 0 spiro atoms. The van der Waals surface area contributed by atoms with Crippen molar-refractivity contribution in [2.24, 2.45) is 0 Å². The molecule has 0 aliphatic rings. The van der Waals surface area contributed by atoms with Gasteiger partial charge in [0.25, 0.3) is 0 Å². The minimum absolute atomic E-state index is 0.914. The van der Waals surface area contributed by atoms with Gasteiger partial charge in [-0.15, -0.1) is 11.8 Å². The van der Waals surface area contributed by atoms with E-state index in [-0.39, 0.29) is 0 Å². The van der Waals surface area contributed by atoms with Crippen LogP contribution in [0.1, 0.15) is 51.0 Å². The fourth-order valence-electron chi connectivity index (χ4n) is 3.13. The van der Waals surface area contributed by atoms with Crippen LogP contribution in [-0.4, -0.2) is 19.9 Å². The summed E-state index contributed by atoms with van der Waals surface area (Å²) in [6.45, 7) is 4.33. The van der Waals surface area contributed by atoms with Crippen molar-refractivity contribution in [3.63, 3.8) is 0 Å². The van der Waals surface area contributed by atoms with Gasteiger partial charge in [-0.05, 0) is 54.6 Å². The van der Waals surface area contributed by atoms with Crippen molar-refractivity contribution in [1.29, 1.82) is 0 Å². The smallest absolute Gasteiger partial charge is 0.119 e. The highest BCUT2D eigenvalue weighted by atomic mass is 32.2. The van der Waals surface area contributed by atoms with Crippen LogP contribution < -0.4 is 9.64 Å². The lowest BCUT2D eigenvalue weighted by Gasteiger charge is -2.25. The molecular weight excluding hydrogens is 338 g/mol. The van der Waals surface area contributed by atoms with Gasteiger partial charge in [-0.1, -0.05) is 51.2 Å². The van der Waals surface area contributed by atoms with Crippen LogP contribution in [-0.2, 0) is 6.54 Å². The van der Waals surface area contributed by atoms with Crippen LogP contribution in [0.3, 0.4) is 0 Å². The minimum atomic E-state index is 0.914. The maximum Gasteiger partial charge on any atom is 0.119 e. The second kappa shape index (κ2) is 11.9. The Hall–Kier alpha value is -1.61. The van der Waals surface area contributed by atoms with Gasteiger partial charge in [-0.3, -0.25) is 0 Å². The molecule has 0 aromatic heterocycles. The highest BCUT2D eigenvalue weighted by molar-refractivity contribution is 7.98. The third-order valence-corrected chi connectivity index (χ3v) is 5.50. The van der Waals surface area contributed by atoms with Gasteiger partial charge in [0, 0.05) is 23.7 Å². The average Bonchev–Trinajstić information content (AvgIpc) is 2.70. The quantitative estimate of drug-likeness (QED) is 0.301. The molecule has 0 aliphatic carbocycles. The zero-order valence-corrected chi connectivity index (χ0v) is 17.4. The van der Waals surface area contributed by atoms with Gasteiger partial charge in [0.15, 0.2) is 0 Å². The number of anilines is 1. The lowest BCUT2D eigenvalue weighted by Crippen LogP contribution is -2.23. The Bertz CT molecular complexity index is 609. The zero-order valence-electron chi connectivity index (χ0n) is 16.5. The first kappa shape index (κ1) is 20.7. The third-order valence-electron chi connectivity index (χ3n) is 4.75. The summed E-state index contributed by atoms with van der Waals surface area (Å²) in [5, 5.41) is 0. The molecule has 0 heterocycles. The lowest BCUT2D eigenvalue weighted by atomic mass is 10.1. The number of hydrogen-bond donors (Lipinski definition) is 0. The summed E-state index contributed by atoms with van der Waals surface area (Å²) in [5.41, 5.74) is 2.64. The topological polar surface area (TPSA) is 12.5 Å². The largest absolute Gasteiger partial charge is 0.497 e. The van der Waals surface area contributed by atoms with Gasteiger partial charge in [-0.25, -0.2) is 0 Å². The number of rotatable bonds is 12. The molecule has 26 heavy (non-hydrogen) atoms. The summed E-state index contributed by atoms with van der Waals surface area (Å²) in [6, 6.07) is 17.4. The predicted octanol–water partition coefficient (Wildman–Crippen LogP) is 6.78. The molecule has 3 heteroatoms. The van der Waals surface area contributed by atoms with Gasteiger partial charge >= 0.3 is 0 Å². The first-order valence-corrected chi connectivity index (χ1v) is 11.0. The van der Waals surface area contributed by atoms with Crippen molar-refractivity contribution in [2.45, 2.75) is 56.9 Å². The number of nitrogens with zero attached hydrogens (tertiary/aromatic N) is 1. The molecule has 2 rings (SSSR count). The fraction of sp³-hybridized carbons (Fsp3) is 0.478. The molecule has 2 aromatic carbocycles. The second-order valence-electron chi connectivity index (χ2n) is 6.74. The molecule has 0 atom stereocenters. The van der Waals surface area contributed by atoms with Gasteiger partial charge in [0.05, 0.1) is 7.11 Å². The Kier molecular flexibility index (Phi) is 9.47. The lowest BCUT2D eigenvalue weighted by molar-refractivity contribution is 0.415. The van der Waals surface area contributed by atoms with Crippen molar-refractivity contribution in [2.75, 3.05) is 24.8 Å². The summed E-state index contributed by atoms with van der Waals surface area (Å²) in [6.07, 6.45) is 10.1. The third kappa shape index (κ3) is 6.95. The minimum Gasteiger partial charge on any atom is -0.497 e. The zero-order chi connectivity index (χ0) is 18.6. The Morgan fingerprint density at radius 2 is 1.50 bits per heavy atom. The van der Waals surface area contributed by atoms with E-state index in [1.54, 1.807) is 18.9 Å². The summed E-state index contributed by atoms with van der Waals surface area (Å²) >= 11 is 1.79. The van der Waals surface area contributed by atoms with Gasteiger partial charge < -0.3 is 9.64 Å². The maximum absolute atomic E-state index is 5.31. The Morgan fingerprint density at radius 1 is 0.846 bits per heavy atom. The maximum atomic E-state index is 5.31. The predicted molar refractivity (Wildman–Crippen MR) is 116 cm³/mol. The molecular formula is C23H33NOS. The Balaban J connectivity index is 1.99. The van der Waals surface area contributed by atoms with Gasteiger partial charge in [-0.2, -0.15) is 0 Å². The standard InChI is InChI=1S/C23H33NOS/c1-4-5-6-7-8-9-18-24(21-12-14-22(25-2)15-13-21)19-20-10-16-23(26-3)17-11-20/h10-17H,4-9,18-19H2,1-3H3. The van der Waals surface area contributed by atoms with Crippen LogP contribution in [0.25, 0.3) is 0 Å². The normalized spacial score (nSPS) is 10.7. The number of ether oxygens (including phenoxy) is 1. The van der Waals surface area contributed by atoms with Gasteiger partial charge in [0.2, 0.25) is 0 Å². The van der Waals surface area contributed by atoms with Crippen LogP contribution in [0.5, 0.6) is 5.75 Å². The van der Waals surface area contributed by atoms with Crippen LogP contribution in [0, 0.1) is 0 Å². The summed E-state index contributed by atoms with van der Waals surface area (Å²) in [5.74, 6) is 0.914. The first-order valence-electron chi connectivity index (χ1n) is 9.78. The molecule has 0 aliphatic heterocycles. The van der Waals surface area contributed by atoms with E-state index >= 15 is 0 Å². The molecule has 0 bridgehead atoms. The van der Waals surface area contributed by atoms with E-state index < -0.39 is 0 Å². The number of methoxy groups -OCH3 is 1. The molecule has 0 saturated heterocycles. The summed E-state index contributed by atoms with van der Waals surface area (Å²) in [4.78, 5) is 3.81.